The number of anilines is 1. The Balaban J connectivity index is 1.33. The van der Waals surface area contributed by atoms with Crippen molar-refractivity contribution in [3.63, 3.8) is 0 Å². The van der Waals surface area contributed by atoms with Gasteiger partial charge in [-0.1, -0.05) is 25.0 Å². The van der Waals surface area contributed by atoms with Crippen molar-refractivity contribution in [3.05, 3.63) is 71.4 Å². The van der Waals surface area contributed by atoms with Gasteiger partial charge in [0.1, 0.15) is 23.4 Å². The van der Waals surface area contributed by atoms with Crippen LogP contribution in [0.3, 0.4) is 0 Å². The first-order valence-electron chi connectivity index (χ1n) is 14.0. The highest BCUT2D eigenvalue weighted by Crippen LogP contribution is 2.36. The van der Waals surface area contributed by atoms with E-state index in [1.807, 2.05) is 6.08 Å². The number of nitrogens with zero attached hydrogens (tertiary/aromatic N) is 3. The van der Waals surface area contributed by atoms with Crippen molar-refractivity contribution in [1.29, 1.82) is 0 Å². The van der Waals surface area contributed by atoms with Crippen LogP contribution in [-0.4, -0.2) is 53.4 Å². The molecule has 1 fully saturated rings. The van der Waals surface area contributed by atoms with Crippen LogP contribution in [-0.2, 0) is 4.74 Å². The molecule has 1 saturated carbocycles. The van der Waals surface area contributed by atoms with Crippen LogP contribution >= 0.6 is 0 Å². The lowest BCUT2D eigenvalue weighted by Crippen LogP contribution is -2.13. The molecule has 4 aromatic rings. The fourth-order valence-electron chi connectivity index (χ4n) is 4.91. The van der Waals surface area contributed by atoms with E-state index in [1.54, 1.807) is 26.2 Å². The maximum absolute atomic E-state index is 15.2. The topological polar surface area (TPSA) is 125 Å². The molecule has 1 amide bonds. The average Bonchev–Trinajstić information content (AvgIpc) is 3.52. The number of carbonyl (C=O) groups excluding carboxylic acids is 1. The van der Waals surface area contributed by atoms with Gasteiger partial charge in [0, 0.05) is 54.6 Å². The molecule has 3 heterocycles. The van der Waals surface area contributed by atoms with E-state index in [2.05, 4.69) is 26.3 Å². The number of carbonyl (C=O) groups is 1. The Morgan fingerprint density at radius 2 is 1.91 bits per heavy atom. The van der Waals surface area contributed by atoms with Gasteiger partial charge in [0.15, 0.2) is 23.1 Å². The number of aryl methyl sites for hydroxylation is 1. The monoisotopic (exact) mass is 588 g/mol. The minimum atomic E-state index is -0.722. The molecule has 0 bridgehead atoms. The summed E-state index contributed by atoms with van der Waals surface area (Å²) in [7, 11) is 3.03. The summed E-state index contributed by atoms with van der Waals surface area (Å²) in [5, 5.41) is 13.5. The number of nitrogens with one attached hydrogen (secondary N) is 1. The van der Waals surface area contributed by atoms with E-state index >= 15 is 4.39 Å². The van der Waals surface area contributed by atoms with Crippen LogP contribution in [0.15, 0.2) is 48.8 Å². The van der Waals surface area contributed by atoms with Crippen molar-refractivity contribution in [2.45, 2.75) is 32.6 Å². The van der Waals surface area contributed by atoms with Crippen molar-refractivity contribution in [3.8, 4) is 28.9 Å². The number of hydrogen-bond acceptors (Lipinski definition) is 9. The highest BCUT2D eigenvalue weighted by atomic mass is 19.1. The normalized spacial score (nSPS) is 13.5. The Bertz CT molecular complexity index is 1660. The van der Waals surface area contributed by atoms with Gasteiger partial charge in [0.05, 0.1) is 19.2 Å². The van der Waals surface area contributed by atoms with Crippen LogP contribution in [0.4, 0.5) is 10.1 Å². The predicted octanol–water partition coefficient (Wildman–Crippen LogP) is 6.46. The first-order valence-corrected chi connectivity index (χ1v) is 14.0. The predicted molar refractivity (Wildman–Crippen MR) is 160 cm³/mol. The second-order valence-electron chi connectivity index (χ2n) is 10.1. The second-order valence-corrected chi connectivity index (χ2v) is 10.1. The molecule has 3 aromatic heterocycles. The van der Waals surface area contributed by atoms with E-state index in [4.69, 9.17) is 18.9 Å². The van der Waals surface area contributed by atoms with Crippen LogP contribution in [0, 0.1) is 18.7 Å². The molecule has 224 valence electrons. The molecule has 1 aliphatic carbocycles. The maximum atomic E-state index is 15.2. The molecule has 0 radical (unpaired) electrons. The third-order valence-electron chi connectivity index (χ3n) is 7.22. The highest BCUT2D eigenvalue weighted by molar-refractivity contribution is 6.06. The Morgan fingerprint density at radius 1 is 1.09 bits per heavy atom. The summed E-state index contributed by atoms with van der Waals surface area (Å²) in [5.74, 6) is -0.294. The van der Waals surface area contributed by atoms with E-state index in [1.165, 1.54) is 44.5 Å². The Labute approximate surface area is 248 Å². The minimum absolute atomic E-state index is 0.00810. The molecule has 0 atom stereocenters. The van der Waals surface area contributed by atoms with Crippen molar-refractivity contribution in [1.82, 2.24) is 15.0 Å². The van der Waals surface area contributed by atoms with Gasteiger partial charge >= 0.3 is 0 Å². The van der Waals surface area contributed by atoms with Gasteiger partial charge in [-0.25, -0.2) is 9.37 Å². The quantitative estimate of drug-likeness (QED) is 0.190. The fourth-order valence-corrected chi connectivity index (χ4v) is 4.91. The van der Waals surface area contributed by atoms with Crippen molar-refractivity contribution in [2.75, 3.05) is 32.8 Å². The van der Waals surface area contributed by atoms with Crippen molar-refractivity contribution < 1.29 is 33.2 Å². The van der Waals surface area contributed by atoms with E-state index in [-0.39, 0.29) is 34.4 Å². The number of hydrogen-bond donors (Lipinski definition) is 2. The number of aromatic nitrogens is 3. The lowest BCUT2D eigenvalue weighted by atomic mass is 10.0. The fraction of sp³-hybridized carbons (Fsp3) is 0.312. The minimum Gasteiger partial charge on any atom is -0.506 e. The number of fused-ring (bicyclic) bond motifs is 1. The molecular formula is C32H33FN4O6. The van der Waals surface area contributed by atoms with Gasteiger partial charge in [-0.15, -0.1) is 0 Å². The smallest absolute Gasteiger partial charge is 0.261 e. The van der Waals surface area contributed by atoms with Crippen LogP contribution in [0.25, 0.3) is 17.1 Å². The second kappa shape index (κ2) is 13.5. The van der Waals surface area contributed by atoms with Crippen LogP contribution < -0.4 is 19.5 Å². The number of benzene rings is 1. The molecule has 0 unspecified atom stereocenters. The molecule has 10 nitrogen and oxygen atoms in total. The zero-order valence-corrected chi connectivity index (χ0v) is 24.2. The van der Waals surface area contributed by atoms with Gasteiger partial charge in [0.25, 0.3) is 11.8 Å². The molecule has 43 heavy (non-hydrogen) atoms. The number of pyridine rings is 3. The number of halogens is 1. The molecule has 0 saturated heterocycles. The van der Waals surface area contributed by atoms with Gasteiger partial charge in [-0.05, 0) is 37.8 Å². The number of allylic oxidation sites excluding steroid dienone is 1. The zero-order chi connectivity index (χ0) is 30.3. The van der Waals surface area contributed by atoms with Gasteiger partial charge < -0.3 is 29.4 Å². The lowest BCUT2D eigenvalue weighted by molar-refractivity contribution is 0.102. The largest absolute Gasteiger partial charge is 0.506 e. The summed E-state index contributed by atoms with van der Waals surface area (Å²) < 4.78 is 37.1. The Hall–Kier alpha value is -4.77. The standard InChI is InChI=1S/C32H33FN4O6/c1-19-22(10-8-20-6-4-5-7-20)30(38)23(18-35-19)31(39)36-21-9-11-26(24(33)16-21)43-27-12-13-34-25-17-28(42-15-14-40-2)32(41-3)37-29(25)27/h8-13,16-18,20H,4-7,14-15H2,1-3H3,(H,35,38)(H,36,39)/b10-8+. The zero-order valence-electron chi connectivity index (χ0n) is 24.2. The van der Waals surface area contributed by atoms with Crippen LogP contribution in [0.2, 0.25) is 0 Å². The molecule has 2 N–H and O–H groups in total. The third kappa shape index (κ3) is 6.83. The van der Waals surface area contributed by atoms with Crippen molar-refractivity contribution >= 4 is 28.7 Å². The third-order valence-corrected chi connectivity index (χ3v) is 7.22. The average molecular weight is 589 g/mol. The van der Waals surface area contributed by atoms with Gasteiger partial charge in [0.2, 0.25) is 0 Å². The molecule has 0 spiro atoms. The number of amides is 1. The highest BCUT2D eigenvalue weighted by Gasteiger charge is 2.19. The van der Waals surface area contributed by atoms with E-state index < -0.39 is 11.7 Å². The number of aromatic hydroxyl groups is 1. The van der Waals surface area contributed by atoms with Crippen LogP contribution in [0.1, 0.15) is 47.3 Å². The van der Waals surface area contributed by atoms with E-state index in [0.717, 1.165) is 18.9 Å². The summed E-state index contributed by atoms with van der Waals surface area (Å²) >= 11 is 0. The van der Waals surface area contributed by atoms with Crippen LogP contribution in [0.5, 0.6) is 28.9 Å². The number of rotatable bonds is 11. The molecule has 1 aromatic carbocycles. The summed E-state index contributed by atoms with van der Waals surface area (Å²) in [6.07, 6.45) is 11.3. The van der Waals surface area contributed by atoms with E-state index in [0.29, 0.717) is 47.2 Å². The Morgan fingerprint density at radius 3 is 2.65 bits per heavy atom. The number of methoxy groups -OCH3 is 2. The van der Waals surface area contributed by atoms with Gasteiger partial charge in [-0.2, -0.15) is 0 Å². The maximum Gasteiger partial charge on any atom is 0.261 e. The van der Waals surface area contributed by atoms with Crippen molar-refractivity contribution in [2.24, 2.45) is 5.92 Å². The molecule has 0 aliphatic heterocycles. The van der Waals surface area contributed by atoms with E-state index in [9.17, 15) is 9.90 Å². The Kier molecular flexibility index (Phi) is 9.31. The molecule has 11 heteroatoms. The molecular weight excluding hydrogens is 555 g/mol. The SMILES string of the molecule is COCCOc1cc2nccc(Oc3ccc(NC(=O)c4cnc(C)c(/C=C/C5CCCC5)c4O)cc3F)c2nc1OC. The summed E-state index contributed by atoms with van der Waals surface area (Å²) in [6, 6.07) is 7.23. The first kappa shape index (κ1) is 29.7. The first-order chi connectivity index (χ1) is 20.9. The number of ether oxygens (including phenoxy) is 4. The summed E-state index contributed by atoms with van der Waals surface area (Å²) in [6.45, 7) is 2.45. The molecule has 1 aliphatic rings. The summed E-state index contributed by atoms with van der Waals surface area (Å²) in [4.78, 5) is 26.1. The summed E-state index contributed by atoms with van der Waals surface area (Å²) in [5.41, 5.74) is 2.08. The lowest BCUT2D eigenvalue weighted by Gasteiger charge is -2.14. The van der Waals surface area contributed by atoms with Gasteiger partial charge in [-0.3, -0.25) is 14.8 Å². The molecule has 5 rings (SSSR count).